The summed E-state index contributed by atoms with van der Waals surface area (Å²) in [5.41, 5.74) is 2.37. The number of amides is 2. The second-order valence-electron chi connectivity index (χ2n) is 5.67. The third-order valence-electron chi connectivity index (χ3n) is 4.26. The second kappa shape index (κ2) is 5.57. The van der Waals surface area contributed by atoms with Gasteiger partial charge in [0, 0.05) is 23.7 Å². The van der Waals surface area contributed by atoms with E-state index in [0.717, 1.165) is 30.5 Å². The Hall–Kier alpha value is -2.35. The Bertz CT molecular complexity index is 633. The molecule has 5 nitrogen and oxygen atoms in total. The maximum Gasteiger partial charge on any atom is 0.251 e. The lowest BCUT2D eigenvalue weighted by molar-refractivity contribution is -0.116. The lowest BCUT2D eigenvalue weighted by atomic mass is 9.99. The summed E-state index contributed by atoms with van der Waals surface area (Å²) in [6, 6.07) is 7.55. The molecule has 1 heterocycles. The van der Waals surface area contributed by atoms with Gasteiger partial charge in [0.05, 0.1) is 12.0 Å². The molecule has 2 N–H and O–H groups in total. The van der Waals surface area contributed by atoms with Crippen molar-refractivity contribution in [1.82, 2.24) is 5.32 Å². The van der Waals surface area contributed by atoms with Gasteiger partial charge in [0.15, 0.2) is 0 Å². The number of nitrogens with zero attached hydrogens (tertiary/aromatic N) is 1. The van der Waals surface area contributed by atoms with Crippen LogP contribution >= 0.6 is 0 Å². The van der Waals surface area contributed by atoms with E-state index in [-0.39, 0.29) is 23.8 Å². The first kappa shape index (κ1) is 13.6. The van der Waals surface area contributed by atoms with Crippen LogP contribution in [-0.4, -0.2) is 17.9 Å². The number of hydrogen-bond donors (Lipinski definition) is 2. The third kappa shape index (κ3) is 2.75. The highest BCUT2D eigenvalue weighted by Gasteiger charge is 2.28. The molecule has 0 radical (unpaired) electrons. The van der Waals surface area contributed by atoms with Crippen molar-refractivity contribution in [3.63, 3.8) is 0 Å². The first-order chi connectivity index (χ1) is 10.2. The van der Waals surface area contributed by atoms with Crippen LogP contribution in [0, 0.1) is 17.2 Å². The molecule has 2 unspecified atom stereocenters. The Labute approximate surface area is 123 Å². The van der Waals surface area contributed by atoms with Gasteiger partial charge in [-0.25, -0.2) is 0 Å². The largest absolute Gasteiger partial charge is 0.348 e. The maximum atomic E-state index is 12.3. The molecule has 1 aliphatic carbocycles. The average Bonchev–Trinajstić information content (AvgIpc) is 2.93. The highest BCUT2D eigenvalue weighted by molar-refractivity contribution is 5.98. The minimum absolute atomic E-state index is 0.0162. The molecule has 21 heavy (non-hydrogen) atoms. The van der Waals surface area contributed by atoms with E-state index < -0.39 is 0 Å². The molecular formula is C16H17N3O2. The van der Waals surface area contributed by atoms with Crippen molar-refractivity contribution < 1.29 is 9.59 Å². The number of hydrogen-bond acceptors (Lipinski definition) is 3. The van der Waals surface area contributed by atoms with Gasteiger partial charge in [0.25, 0.3) is 5.91 Å². The van der Waals surface area contributed by atoms with Crippen LogP contribution in [-0.2, 0) is 11.2 Å². The van der Waals surface area contributed by atoms with E-state index in [9.17, 15) is 9.59 Å². The molecule has 0 bridgehead atoms. The third-order valence-corrected chi connectivity index (χ3v) is 4.26. The Balaban J connectivity index is 1.74. The predicted molar refractivity (Wildman–Crippen MR) is 77.6 cm³/mol. The van der Waals surface area contributed by atoms with Crippen LogP contribution in [0.15, 0.2) is 18.2 Å². The van der Waals surface area contributed by atoms with Gasteiger partial charge in [0.2, 0.25) is 5.91 Å². The number of aryl methyl sites for hydroxylation is 1. The average molecular weight is 283 g/mol. The van der Waals surface area contributed by atoms with E-state index in [0.29, 0.717) is 18.4 Å². The summed E-state index contributed by atoms with van der Waals surface area (Å²) in [5, 5.41) is 14.8. The van der Waals surface area contributed by atoms with Crippen molar-refractivity contribution in [1.29, 1.82) is 5.26 Å². The fourth-order valence-corrected chi connectivity index (χ4v) is 3.06. The molecule has 1 saturated carbocycles. The monoisotopic (exact) mass is 283 g/mol. The summed E-state index contributed by atoms with van der Waals surface area (Å²) in [5.74, 6) is -0.199. The zero-order chi connectivity index (χ0) is 14.8. The van der Waals surface area contributed by atoms with Crippen LogP contribution in [0.3, 0.4) is 0 Å². The van der Waals surface area contributed by atoms with Crippen molar-refractivity contribution in [3.8, 4) is 6.07 Å². The number of carbonyl (C=O) groups excluding carboxylic acids is 2. The van der Waals surface area contributed by atoms with E-state index in [1.165, 1.54) is 0 Å². The molecule has 0 aromatic heterocycles. The molecule has 2 atom stereocenters. The van der Waals surface area contributed by atoms with Crippen molar-refractivity contribution in [2.24, 2.45) is 5.92 Å². The van der Waals surface area contributed by atoms with Gasteiger partial charge in [-0.15, -0.1) is 0 Å². The van der Waals surface area contributed by atoms with Gasteiger partial charge >= 0.3 is 0 Å². The maximum absolute atomic E-state index is 12.3. The lowest BCUT2D eigenvalue weighted by Gasteiger charge is -2.19. The van der Waals surface area contributed by atoms with E-state index in [4.69, 9.17) is 5.26 Å². The first-order valence-corrected chi connectivity index (χ1v) is 7.30. The highest BCUT2D eigenvalue weighted by Crippen LogP contribution is 2.26. The number of carbonyl (C=O) groups is 2. The van der Waals surface area contributed by atoms with Crippen molar-refractivity contribution >= 4 is 17.5 Å². The van der Waals surface area contributed by atoms with Gasteiger partial charge in [-0.2, -0.15) is 5.26 Å². The smallest absolute Gasteiger partial charge is 0.251 e. The lowest BCUT2D eigenvalue weighted by Crippen LogP contribution is -2.37. The summed E-state index contributed by atoms with van der Waals surface area (Å²) in [7, 11) is 0. The van der Waals surface area contributed by atoms with Crippen molar-refractivity contribution in [2.75, 3.05) is 5.32 Å². The van der Waals surface area contributed by atoms with Gasteiger partial charge in [0.1, 0.15) is 0 Å². The minimum Gasteiger partial charge on any atom is -0.348 e. The zero-order valence-corrected chi connectivity index (χ0v) is 11.7. The standard InChI is InChI=1S/C16H17N3O2/c17-9-12-2-1-3-13(12)19-16(21)11-4-6-14-10(8-11)5-7-15(20)18-14/h4,6,8,12-13H,1-3,5,7H2,(H,18,20)(H,19,21). The molecule has 5 heteroatoms. The van der Waals surface area contributed by atoms with Gasteiger partial charge in [-0.05, 0) is 49.4 Å². The van der Waals surface area contributed by atoms with Crippen LogP contribution in [0.2, 0.25) is 0 Å². The van der Waals surface area contributed by atoms with Gasteiger partial charge in [-0.1, -0.05) is 0 Å². The number of nitriles is 1. The Morgan fingerprint density at radius 2 is 2.19 bits per heavy atom. The summed E-state index contributed by atoms with van der Waals surface area (Å²) < 4.78 is 0. The number of anilines is 1. The molecule has 1 aromatic carbocycles. The predicted octanol–water partition coefficient (Wildman–Crippen LogP) is 1.99. The van der Waals surface area contributed by atoms with Crippen molar-refractivity contribution in [2.45, 2.75) is 38.1 Å². The molecule has 2 amide bonds. The number of benzene rings is 1. The highest BCUT2D eigenvalue weighted by atomic mass is 16.2. The van der Waals surface area contributed by atoms with Gasteiger partial charge in [-0.3, -0.25) is 9.59 Å². The molecule has 3 rings (SSSR count). The fraction of sp³-hybridized carbons (Fsp3) is 0.438. The van der Waals surface area contributed by atoms with E-state index in [1.54, 1.807) is 12.1 Å². The SMILES string of the molecule is N#CC1CCCC1NC(=O)c1ccc2c(c1)CCC(=O)N2. The summed E-state index contributed by atoms with van der Waals surface area (Å²) in [6.07, 6.45) is 3.83. The Morgan fingerprint density at radius 1 is 1.33 bits per heavy atom. The quantitative estimate of drug-likeness (QED) is 0.870. The normalized spacial score (nSPS) is 23.9. The summed E-state index contributed by atoms with van der Waals surface area (Å²) in [4.78, 5) is 23.6. The summed E-state index contributed by atoms with van der Waals surface area (Å²) >= 11 is 0. The van der Waals surface area contributed by atoms with E-state index in [2.05, 4.69) is 16.7 Å². The van der Waals surface area contributed by atoms with Crippen LogP contribution in [0.25, 0.3) is 0 Å². The molecular weight excluding hydrogens is 266 g/mol. The van der Waals surface area contributed by atoms with Gasteiger partial charge < -0.3 is 10.6 Å². The number of fused-ring (bicyclic) bond motifs is 1. The Kier molecular flexibility index (Phi) is 3.61. The van der Waals surface area contributed by atoms with Crippen LogP contribution < -0.4 is 10.6 Å². The van der Waals surface area contributed by atoms with Crippen LogP contribution in [0.1, 0.15) is 41.6 Å². The molecule has 0 saturated heterocycles. The molecule has 0 spiro atoms. The van der Waals surface area contributed by atoms with E-state index in [1.807, 2.05) is 6.07 Å². The first-order valence-electron chi connectivity index (χ1n) is 7.30. The minimum atomic E-state index is -0.137. The summed E-state index contributed by atoms with van der Waals surface area (Å²) in [6.45, 7) is 0. The zero-order valence-electron chi connectivity index (χ0n) is 11.7. The molecule has 108 valence electrons. The van der Waals surface area contributed by atoms with Crippen LogP contribution in [0.4, 0.5) is 5.69 Å². The molecule has 1 aromatic rings. The number of nitrogens with one attached hydrogen (secondary N) is 2. The Morgan fingerprint density at radius 3 is 3.00 bits per heavy atom. The topological polar surface area (TPSA) is 82.0 Å². The van der Waals surface area contributed by atoms with Crippen LogP contribution in [0.5, 0.6) is 0 Å². The number of rotatable bonds is 2. The van der Waals surface area contributed by atoms with E-state index >= 15 is 0 Å². The second-order valence-corrected chi connectivity index (χ2v) is 5.67. The molecule has 1 fully saturated rings. The molecule has 1 aliphatic heterocycles. The fourth-order valence-electron chi connectivity index (χ4n) is 3.06. The van der Waals surface area contributed by atoms with Crippen molar-refractivity contribution in [3.05, 3.63) is 29.3 Å². The molecule has 2 aliphatic rings.